The standard InChI is InChI=1S/C13H20O4/c1-5-14-9-13(10-15-6-2,11-16-7-3)12-17-8-4/h5-8H,1-4,9-12H2. The summed E-state index contributed by atoms with van der Waals surface area (Å²) in [5.74, 6) is 0. The highest BCUT2D eigenvalue weighted by atomic mass is 16.5. The van der Waals surface area contributed by atoms with E-state index < -0.39 is 5.41 Å². The Morgan fingerprint density at radius 3 is 1.00 bits per heavy atom. The first-order valence-electron chi connectivity index (χ1n) is 5.14. The van der Waals surface area contributed by atoms with Crippen molar-refractivity contribution in [2.24, 2.45) is 5.41 Å². The molecule has 0 unspecified atom stereocenters. The van der Waals surface area contributed by atoms with Gasteiger partial charge in [0, 0.05) is 0 Å². The summed E-state index contributed by atoms with van der Waals surface area (Å²) in [5.41, 5.74) is -0.468. The molecule has 0 heterocycles. The maximum atomic E-state index is 5.21. The third-order valence-corrected chi connectivity index (χ3v) is 2.03. The van der Waals surface area contributed by atoms with Gasteiger partial charge in [-0.1, -0.05) is 26.3 Å². The van der Waals surface area contributed by atoms with Crippen LogP contribution in [-0.2, 0) is 18.9 Å². The van der Waals surface area contributed by atoms with E-state index in [-0.39, 0.29) is 0 Å². The second-order valence-electron chi connectivity index (χ2n) is 3.41. The van der Waals surface area contributed by atoms with E-state index in [0.29, 0.717) is 26.4 Å². The smallest absolute Gasteiger partial charge is 0.106 e. The number of rotatable bonds is 12. The monoisotopic (exact) mass is 240 g/mol. The second kappa shape index (κ2) is 9.39. The molecule has 4 heteroatoms. The van der Waals surface area contributed by atoms with Crippen molar-refractivity contribution in [2.75, 3.05) is 26.4 Å². The largest absolute Gasteiger partial charge is 0.501 e. The molecular formula is C13H20O4. The summed E-state index contributed by atoms with van der Waals surface area (Å²) in [7, 11) is 0. The van der Waals surface area contributed by atoms with Gasteiger partial charge in [-0.2, -0.15) is 0 Å². The lowest BCUT2D eigenvalue weighted by Crippen LogP contribution is -2.40. The molecule has 0 aliphatic carbocycles. The highest BCUT2D eigenvalue weighted by molar-refractivity contribution is 4.82. The Balaban J connectivity index is 4.59. The Morgan fingerprint density at radius 1 is 0.588 bits per heavy atom. The van der Waals surface area contributed by atoms with Crippen LogP contribution in [0.2, 0.25) is 0 Å². The van der Waals surface area contributed by atoms with Crippen molar-refractivity contribution < 1.29 is 18.9 Å². The molecular weight excluding hydrogens is 220 g/mol. The molecule has 96 valence electrons. The predicted molar refractivity (Wildman–Crippen MR) is 67.0 cm³/mol. The average Bonchev–Trinajstić information content (AvgIpc) is 2.37. The topological polar surface area (TPSA) is 36.9 Å². The minimum atomic E-state index is -0.468. The Hall–Kier alpha value is -1.84. The molecule has 0 atom stereocenters. The maximum Gasteiger partial charge on any atom is 0.106 e. The molecule has 0 amide bonds. The zero-order valence-corrected chi connectivity index (χ0v) is 10.1. The molecule has 0 fully saturated rings. The van der Waals surface area contributed by atoms with Gasteiger partial charge in [0.2, 0.25) is 0 Å². The van der Waals surface area contributed by atoms with Crippen molar-refractivity contribution in [1.82, 2.24) is 0 Å². The zero-order chi connectivity index (χ0) is 13.0. The molecule has 0 aromatic rings. The van der Waals surface area contributed by atoms with Crippen molar-refractivity contribution in [3.63, 3.8) is 0 Å². The van der Waals surface area contributed by atoms with Gasteiger partial charge in [0.05, 0.1) is 25.0 Å². The molecule has 0 saturated heterocycles. The molecule has 4 nitrogen and oxygen atoms in total. The molecule has 0 aliphatic rings. The van der Waals surface area contributed by atoms with Crippen LogP contribution in [-0.4, -0.2) is 26.4 Å². The van der Waals surface area contributed by atoms with Crippen LogP contribution in [0.3, 0.4) is 0 Å². The van der Waals surface area contributed by atoms with E-state index in [2.05, 4.69) is 26.3 Å². The SMILES string of the molecule is C=COCC(COC=C)(COC=C)COC=C. The average molecular weight is 240 g/mol. The molecule has 0 spiro atoms. The number of hydrogen-bond donors (Lipinski definition) is 0. The lowest BCUT2D eigenvalue weighted by Gasteiger charge is -2.30. The summed E-state index contributed by atoms with van der Waals surface area (Å²) < 4.78 is 20.8. The third kappa shape index (κ3) is 6.35. The lowest BCUT2D eigenvalue weighted by molar-refractivity contribution is -0.0471. The summed E-state index contributed by atoms with van der Waals surface area (Å²) in [4.78, 5) is 0. The van der Waals surface area contributed by atoms with Gasteiger partial charge in [-0.3, -0.25) is 0 Å². The zero-order valence-electron chi connectivity index (χ0n) is 10.1. The first-order chi connectivity index (χ1) is 8.24. The molecule has 0 radical (unpaired) electrons. The van der Waals surface area contributed by atoms with Crippen LogP contribution in [0.4, 0.5) is 0 Å². The van der Waals surface area contributed by atoms with Crippen molar-refractivity contribution >= 4 is 0 Å². The van der Waals surface area contributed by atoms with Crippen molar-refractivity contribution in [3.05, 3.63) is 51.4 Å². The Labute approximate surface area is 103 Å². The van der Waals surface area contributed by atoms with Gasteiger partial charge in [0.25, 0.3) is 0 Å². The van der Waals surface area contributed by atoms with E-state index in [1.54, 1.807) is 0 Å². The summed E-state index contributed by atoms with van der Waals surface area (Å²) in [5, 5.41) is 0. The molecule has 17 heavy (non-hydrogen) atoms. The quantitative estimate of drug-likeness (QED) is 0.491. The maximum absolute atomic E-state index is 5.21. The van der Waals surface area contributed by atoms with Gasteiger partial charge >= 0.3 is 0 Å². The van der Waals surface area contributed by atoms with Crippen molar-refractivity contribution in [1.29, 1.82) is 0 Å². The van der Waals surface area contributed by atoms with Crippen LogP contribution in [0.25, 0.3) is 0 Å². The predicted octanol–water partition coefficient (Wildman–Crippen LogP) is 2.61. The minimum absolute atomic E-state index is 0.353. The molecule has 0 aliphatic heterocycles. The van der Waals surface area contributed by atoms with Gasteiger partial charge in [-0.05, 0) is 0 Å². The minimum Gasteiger partial charge on any atom is -0.501 e. The van der Waals surface area contributed by atoms with Crippen LogP contribution < -0.4 is 0 Å². The molecule has 0 bridgehead atoms. The lowest BCUT2D eigenvalue weighted by atomic mass is 9.92. The molecule has 0 aromatic heterocycles. The van der Waals surface area contributed by atoms with Crippen LogP contribution in [0.1, 0.15) is 0 Å². The summed E-state index contributed by atoms with van der Waals surface area (Å²) in [6, 6.07) is 0. The fourth-order valence-electron chi connectivity index (χ4n) is 1.19. The first-order valence-corrected chi connectivity index (χ1v) is 5.14. The van der Waals surface area contributed by atoms with Crippen LogP contribution in [0.15, 0.2) is 51.4 Å². The summed E-state index contributed by atoms with van der Waals surface area (Å²) in [6.45, 7) is 15.4. The van der Waals surface area contributed by atoms with E-state index in [4.69, 9.17) is 18.9 Å². The number of hydrogen-bond acceptors (Lipinski definition) is 4. The summed E-state index contributed by atoms with van der Waals surface area (Å²) >= 11 is 0. The van der Waals surface area contributed by atoms with Crippen molar-refractivity contribution in [2.45, 2.75) is 0 Å². The van der Waals surface area contributed by atoms with E-state index in [9.17, 15) is 0 Å². The molecule has 0 N–H and O–H groups in total. The number of ether oxygens (including phenoxy) is 4. The van der Waals surface area contributed by atoms with Crippen LogP contribution in [0, 0.1) is 5.41 Å². The van der Waals surface area contributed by atoms with Crippen LogP contribution in [0.5, 0.6) is 0 Å². The Kier molecular flexibility index (Phi) is 8.37. The van der Waals surface area contributed by atoms with Gasteiger partial charge in [0.1, 0.15) is 31.8 Å². The summed E-state index contributed by atoms with van der Waals surface area (Å²) in [6.07, 6.45) is 5.46. The van der Waals surface area contributed by atoms with Gasteiger partial charge < -0.3 is 18.9 Å². The fourth-order valence-corrected chi connectivity index (χ4v) is 1.19. The van der Waals surface area contributed by atoms with E-state index in [0.717, 1.165) is 0 Å². The first kappa shape index (κ1) is 15.2. The van der Waals surface area contributed by atoms with Gasteiger partial charge in [0.15, 0.2) is 0 Å². The molecule has 0 aromatic carbocycles. The molecule has 0 saturated carbocycles. The Bertz CT molecular complexity index is 194. The van der Waals surface area contributed by atoms with Gasteiger partial charge in [-0.15, -0.1) is 0 Å². The van der Waals surface area contributed by atoms with E-state index in [1.807, 2.05) is 0 Å². The molecule has 0 rings (SSSR count). The van der Waals surface area contributed by atoms with E-state index in [1.165, 1.54) is 25.0 Å². The highest BCUT2D eigenvalue weighted by Crippen LogP contribution is 2.21. The third-order valence-electron chi connectivity index (χ3n) is 2.03. The second-order valence-corrected chi connectivity index (χ2v) is 3.41. The van der Waals surface area contributed by atoms with Gasteiger partial charge in [-0.25, -0.2) is 0 Å². The van der Waals surface area contributed by atoms with E-state index >= 15 is 0 Å². The normalized spacial score (nSPS) is 9.88. The van der Waals surface area contributed by atoms with Crippen LogP contribution >= 0.6 is 0 Å². The Morgan fingerprint density at radius 2 is 0.824 bits per heavy atom. The van der Waals surface area contributed by atoms with Crippen molar-refractivity contribution in [3.8, 4) is 0 Å². The highest BCUT2D eigenvalue weighted by Gasteiger charge is 2.34. The fraction of sp³-hybridized carbons (Fsp3) is 0.385.